The number of phenols is 1. The van der Waals surface area contributed by atoms with Gasteiger partial charge in [-0.3, -0.25) is 0 Å². The number of terminal acetylenes is 1. The molecule has 0 saturated heterocycles. The van der Waals surface area contributed by atoms with Crippen molar-refractivity contribution in [1.29, 1.82) is 0 Å². The van der Waals surface area contributed by atoms with Crippen molar-refractivity contribution in [2.45, 2.75) is 12.8 Å². The predicted molar refractivity (Wildman–Crippen MR) is 56.8 cm³/mol. The summed E-state index contributed by atoms with van der Waals surface area (Å²) in [5.41, 5.74) is 0.715. The first-order valence-corrected chi connectivity index (χ1v) is 4.55. The molecule has 0 bridgehead atoms. The third-order valence-electron chi connectivity index (χ3n) is 1.88. The highest BCUT2D eigenvalue weighted by atomic mass is 35.5. The molecule has 0 aromatic heterocycles. The molecule has 0 radical (unpaired) electrons. The molecule has 0 spiro atoms. The summed E-state index contributed by atoms with van der Waals surface area (Å²) >= 11 is 5.84. The Labute approximate surface area is 88.5 Å². The van der Waals surface area contributed by atoms with Crippen LogP contribution in [0, 0.1) is 12.3 Å². The highest BCUT2D eigenvalue weighted by Crippen LogP contribution is 2.33. The number of aryl methyl sites for hydroxylation is 1. The number of hydrogen-bond acceptors (Lipinski definition) is 2. The highest BCUT2D eigenvalue weighted by molar-refractivity contribution is 6.30. The lowest BCUT2D eigenvalue weighted by atomic mass is 10.1. The smallest absolute Gasteiger partial charge is 0.162 e. The summed E-state index contributed by atoms with van der Waals surface area (Å²) in [5, 5.41) is 10.2. The molecule has 0 atom stereocenters. The van der Waals surface area contributed by atoms with Crippen molar-refractivity contribution in [3.63, 3.8) is 0 Å². The van der Waals surface area contributed by atoms with Gasteiger partial charge in [0, 0.05) is 23.1 Å². The van der Waals surface area contributed by atoms with Crippen LogP contribution in [0.2, 0.25) is 5.02 Å². The van der Waals surface area contributed by atoms with Gasteiger partial charge in [-0.15, -0.1) is 12.3 Å². The number of rotatable bonds is 3. The molecule has 0 amide bonds. The molecule has 3 heteroatoms. The third kappa shape index (κ3) is 2.34. The molecule has 1 aromatic rings. The standard InChI is InChI=1S/C11H11ClO2/c1-3-4-5-8-6-9(12)7-10(14-2)11(8)13/h1,6-7,13H,4-5H2,2H3. The van der Waals surface area contributed by atoms with Crippen LogP contribution in [0.1, 0.15) is 12.0 Å². The molecule has 0 fully saturated rings. The lowest BCUT2D eigenvalue weighted by Gasteiger charge is -2.08. The lowest BCUT2D eigenvalue weighted by Crippen LogP contribution is -1.90. The summed E-state index contributed by atoms with van der Waals surface area (Å²) in [6.07, 6.45) is 6.30. The average Bonchev–Trinajstić information content (AvgIpc) is 2.18. The third-order valence-corrected chi connectivity index (χ3v) is 2.10. The minimum atomic E-state index is 0.118. The van der Waals surface area contributed by atoms with Crippen LogP contribution in [0.5, 0.6) is 11.5 Å². The number of methoxy groups -OCH3 is 1. The number of hydrogen-bond donors (Lipinski definition) is 1. The number of benzene rings is 1. The van der Waals surface area contributed by atoms with Gasteiger partial charge in [-0.25, -0.2) is 0 Å². The minimum Gasteiger partial charge on any atom is -0.504 e. The maximum Gasteiger partial charge on any atom is 0.162 e. The van der Waals surface area contributed by atoms with Crippen LogP contribution in [0.25, 0.3) is 0 Å². The van der Waals surface area contributed by atoms with Gasteiger partial charge in [0.2, 0.25) is 0 Å². The topological polar surface area (TPSA) is 29.5 Å². The van der Waals surface area contributed by atoms with E-state index in [0.29, 0.717) is 29.2 Å². The van der Waals surface area contributed by atoms with E-state index in [0.717, 1.165) is 0 Å². The Morgan fingerprint density at radius 3 is 2.86 bits per heavy atom. The van der Waals surface area contributed by atoms with Crippen LogP contribution >= 0.6 is 11.6 Å². The fourth-order valence-electron chi connectivity index (χ4n) is 1.18. The van der Waals surface area contributed by atoms with E-state index in [1.165, 1.54) is 7.11 Å². The maximum atomic E-state index is 9.69. The van der Waals surface area contributed by atoms with E-state index in [-0.39, 0.29) is 5.75 Å². The van der Waals surface area contributed by atoms with Crippen molar-refractivity contribution in [3.8, 4) is 23.8 Å². The maximum absolute atomic E-state index is 9.69. The molecular weight excluding hydrogens is 200 g/mol. The molecule has 0 aliphatic carbocycles. The Hall–Kier alpha value is -1.33. The van der Waals surface area contributed by atoms with Crippen LogP contribution in [0.4, 0.5) is 0 Å². The molecular formula is C11H11ClO2. The SMILES string of the molecule is C#CCCc1cc(Cl)cc(OC)c1O. The molecule has 0 heterocycles. The van der Waals surface area contributed by atoms with Gasteiger partial charge in [-0.1, -0.05) is 11.6 Å². The van der Waals surface area contributed by atoms with Gasteiger partial charge in [0.05, 0.1) is 7.11 Å². The molecule has 0 unspecified atom stereocenters. The molecule has 0 aliphatic rings. The molecule has 0 aliphatic heterocycles. The molecule has 14 heavy (non-hydrogen) atoms. The van der Waals surface area contributed by atoms with E-state index in [1.807, 2.05) is 0 Å². The van der Waals surface area contributed by atoms with Crippen LogP contribution in [0.15, 0.2) is 12.1 Å². The summed E-state index contributed by atoms with van der Waals surface area (Å²) in [7, 11) is 1.48. The zero-order valence-electron chi connectivity index (χ0n) is 7.88. The first-order valence-electron chi connectivity index (χ1n) is 4.18. The van der Waals surface area contributed by atoms with E-state index < -0.39 is 0 Å². The number of phenolic OH excluding ortho intramolecular Hbond substituents is 1. The van der Waals surface area contributed by atoms with Gasteiger partial charge in [-0.2, -0.15) is 0 Å². The van der Waals surface area contributed by atoms with Gasteiger partial charge in [0.1, 0.15) is 0 Å². The van der Waals surface area contributed by atoms with Crippen molar-refractivity contribution < 1.29 is 9.84 Å². The van der Waals surface area contributed by atoms with E-state index >= 15 is 0 Å². The van der Waals surface area contributed by atoms with E-state index in [4.69, 9.17) is 22.8 Å². The zero-order chi connectivity index (χ0) is 10.6. The van der Waals surface area contributed by atoms with E-state index in [2.05, 4.69) is 5.92 Å². The number of ether oxygens (including phenoxy) is 1. The fourth-order valence-corrected chi connectivity index (χ4v) is 1.41. The molecule has 1 rings (SSSR count). The summed E-state index contributed by atoms with van der Waals surface area (Å²) in [6.45, 7) is 0. The van der Waals surface area contributed by atoms with Crippen LogP contribution in [0.3, 0.4) is 0 Å². The van der Waals surface area contributed by atoms with Crippen molar-refractivity contribution in [2.75, 3.05) is 7.11 Å². The summed E-state index contributed by atoms with van der Waals surface area (Å²) in [4.78, 5) is 0. The minimum absolute atomic E-state index is 0.118. The molecule has 1 N–H and O–H groups in total. The normalized spacial score (nSPS) is 9.50. The molecule has 2 nitrogen and oxygen atoms in total. The fraction of sp³-hybridized carbons (Fsp3) is 0.273. The Kier molecular flexibility index (Phi) is 3.67. The lowest BCUT2D eigenvalue weighted by molar-refractivity contribution is 0.370. The molecule has 74 valence electrons. The van der Waals surface area contributed by atoms with Crippen LogP contribution < -0.4 is 4.74 Å². The predicted octanol–water partition coefficient (Wildman–Crippen LogP) is 2.62. The van der Waals surface area contributed by atoms with Crippen LogP contribution in [-0.4, -0.2) is 12.2 Å². The average molecular weight is 211 g/mol. The monoisotopic (exact) mass is 210 g/mol. The Bertz CT molecular complexity index is 366. The second-order valence-corrected chi connectivity index (χ2v) is 3.26. The Morgan fingerprint density at radius 1 is 1.57 bits per heavy atom. The van der Waals surface area contributed by atoms with Crippen molar-refractivity contribution in [2.24, 2.45) is 0 Å². The van der Waals surface area contributed by atoms with E-state index in [1.54, 1.807) is 12.1 Å². The van der Waals surface area contributed by atoms with Gasteiger partial charge in [0.15, 0.2) is 11.5 Å². The molecule has 0 saturated carbocycles. The number of aromatic hydroxyl groups is 1. The van der Waals surface area contributed by atoms with Gasteiger partial charge >= 0.3 is 0 Å². The van der Waals surface area contributed by atoms with Crippen molar-refractivity contribution in [1.82, 2.24) is 0 Å². The Balaban J connectivity index is 3.04. The second kappa shape index (κ2) is 4.78. The summed E-state index contributed by atoms with van der Waals surface area (Å²) in [6, 6.07) is 3.26. The zero-order valence-corrected chi connectivity index (χ0v) is 8.64. The number of halogens is 1. The largest absolute Gasteiger partial charge is 0.504 e. The first-order chi connectivity index (χ1) is 6.69. The summed E-state index contributed by atoms with van der Waals surface area (Å²) in [5.74, 6) is 3.00. The molecule has 1 aromatic carbocycles. The first kappa shape index (κ1) is 10.7. The van der Waals surface area contributed by atoms with Gasteiger partial charge in [0.25, 0.3) is 0 Å². The van der Waals surface area contributed by atoms with Gasteiger partial charge < -0.3 is 9.84 Å². The quantitative estimate of drug-likeness (QED) is 0.778. The van der Waals surface area contributed by atoms with Crippen molar-refractivity contribution >= 4 is 11.6 Å². The van der Waals surface area contributed by atoms with Crippen molar-refractivity contribution in [3.05, 3.63) is 22.7 Å². The van der Waals surface area contributed by atoms with Crippen LogP contribution in [-0.2, 0) is 6.42 Å². The highest BCUT2D eigenvalue weighted by Gasteiger charge is 2.08. The van der Waals surface area contributed by atoms with Gasteiger partial charge in [-0.05, 0) is 12.5 Å². The summed E-state index contributed by atoms with van der Waals surface area (Å²) < 4.78 is 4.96. The van der Waals surface area contributed by atoms with E-state index in [9.17, 15) is 5.11 Å². The second-order valence-electron chi connectivity index (χ2n) is 2.82. The Morgan fingerprint density at radius 2 is 2.29 bits per heavy atom.